The second-order valence-electron chi connectivity index (χ2n) is 4.71. The van der Waals surface area contributed by atoms with Gasteiger partial charge in [-0.15, -0.1) is 0 Å². The molecule has 0 fully saturated rings. The number of nitrogens with one attached hydrogen (secondary N) is 1. The summed E-state index contributed by atoms with van der Waals surface area (Å²) >= 11 is 3.33. The number of aryl methyl sites for hydroxylation is 1. The summed E-state index contributed by atoms with van der Waals surface area (Å²) in [5, 5.41) is 13.4. The average Bonchev–Trinajstić information content (AvgIpc) is 2.40. The van der Waals surface area contributed by atoms with Crippen LogP contribution in [0.25, 0.3) is 0 Å². The van der Waals surface area contributed by atoms with E-state index in [1.807, 2.05) is 24.3 Å². The Morgan fingerprint density at radius 2 is 1.89 bits per heavy atom. The highest BCUT2D eigenvalue weighted by Crippen LogP contribution is 2.28. The van der Waals surface area contributed by atoms with Gasteiger partial charge in [0.2, 0.25) is 0 Å². The predicted molar refractivity (Wildman–Crippen MR) is 82.2 cm³/mol. The van der Waals surface area contributed by atoms with Crippen molar-refractivity contribution in [3.8, 4) is 5.75 Å². The summed E-state index contributed by atoms with van der Waals surface area (Å²) in [6.07, 6.45) is 0. The van der Waals surface area contributed by atoms with E-state index in [1.54, 1.807) is 0 Å². The molecule has 0 amide bonds. The molecule has 0 heterocycles. The third kappa shape index (κ3) is 3.37. The molecule has 0 aliphatic rings. The Kier molecular flexibility index (Phi) is 4.61. The molecule has 0 radical (unpaired) electrons. The highest BCUT2D eigenvalue weighted by molar-refractivity contribution is 9.10. The lowest BCUT2D eigenvalue weighted by Crippen LogP contribution is -2.18. The van der Waals surface area contributed by atoms with Gasteiger partial charge < -0.3 is 10.4 Å². The number of rotatable bonds is 4. The van der Waals surface area contributed by atoms with Crippen molar-refractivity contribution in [1.29, 1.82) is 0 Å². The summed E-state index contributed by atoms with van der Waals surface area (Å²) in [7, 11) is 0. The molecule has 2 nitrogen and oxygen atoms in total. The van der Waals surface area contributed by atoms with E-state index in [2.05, 4.69) is 53.3 Å². The van der Waals surface area contributed by atoms with Gasteiger partial charge in [0.15, 0.2) is 0 Å². The molecule has 0 saturated heterocycles. The van der Waals surface area contributed by atoms with Gasteiger partial charge in [-0.05, 0) is 47.0 Å². The van der Waals surface area contributed by atoms with E-state index in [9.17, 15) is 5.11 Å². The number of halogens is 1. The quantitative estimate of drug-likeness (QED) is 0.879. The van der Waals surface area contributed by atoms with Gasteiger partial charge >= 0.3 is 0 Å². The van der Waals surface area contributed by atoms with Crippen molar-refractivity contribution in [3.63, 3.8) is 0 Å². The first-order valence-corrected chi connectivity index (χ1v) is 7.14. The minimum absolute atomic E-state index is 0.250. The van der Waals surface area contributed by atoms with Crippen molar-refractivity contribution in [1.82, 2.24) is 5.32 Å². The Bertz CT molecular complexity index is 568. The van der Waals surface area contributed by atoms with Crippen molar-refractivity contribution < 1.29 is 5.11 Å². The molecule has 2 aromatic rings. The minimum atomic E-state index is 0.250. The maximum absolute atomic E-state index is 9.95. The number of aromatic hydroxyl groups is 1. The van der Waals surface area contributed by atoms with Crippen LogP contribution in [0, 0.1) is 6.92 Å². The molecule has 3 heteroatoms. The van der Waals surface area contributed by atoms with Gasteiger partial charge in [0.1, 0.15) is 5.75 Å². The fourth-order valence-corrected chi connectivity index (χ4v) is 2.56. The lowest BCUT2D eigenvalue weighted by Gasteiger charge is -2.17. The van der Waals surface area contributed by atoms with Crippen molar-refractivity contribution >= 4 is 15.9 Å². The van der Waals surface area contributed by atoms with Crippen LogP contribution in [0.1, 0.15) is 29.7 Å². The molecule has 0 unspecified atom stereocenters. The van der Waals surface area contributed by atoms with Crippen LogP contribution in [0.15, 0.2) is 46.9 Å². The summed E-state index contributed by atoms with van der Waals surface area (Å²) in [5.41, 5.74) is 3.47. The molecule has 2 rings (SSSR count). The summed E-state index contributed by atoms with van der Waals surface area (Å²) in [6.45, 7) is 4.89. The molecule has 2 aromatic carbocycles. The lowest BCUT2D eigenvalue weighted by atomic mass is 10.0. The van der Waals surface area contributed by atoms with Crippen molar-refractivity contribution in [3.05, 3.63) is 63.6 Å². The van der Waals surface area contributed by atoms with Crippen LogP contribution in [0.3, 0.4) is 0 Å². The molecule has 2 N–H and O–H groups in total. The van der Waals surface area contributed by atoms with Gasteiger partial charge in [0.05, 0.1) is 4.47 Å². The highest BCUT2D eigenvalue weighted by Gasteiger charge is 2.09. The highest BCUT2D eigenvalue weighted by atomic mass is 79.9. The first-order valence-electron chi connectivity index (χ1n) is 6.35. The molecule has 0 saturated carbocycles. The lowest BCUT2D eigenvalue weighted by molar-refractivity contribution is 0.457. The summed E-state index contributed by atoms with van der Waals surface area (Å²) in [4.78, 5) is 0. The van der Waals surface area contributed by atoms with Crippen LogP contribution in [0.5, 0.6) is 5.75 Å². The van der Waals surface area contributed by atoms with Crippen LogP contribution in [-0.2, 0) is 6.54 Å². The summed E-state index contributed by atoms with van der Waals surface area (Å²) in [5.74, 6) is 0.312. The molecule has 19 heavy (non-hydrogen) atoms. The second-order valence-corrected chi connectivity index (χ2v) is 5.56. The standard InChI is InChI=1S/C16H18BrNO/c1-11-6-3-4-8-14(11)12(2)18-10-13-7-5-9-15(17)16(13)19/h3-9,12,18-19H,10H2,1-2H3/t12-/m1/s1. The van der Waals surface area contributed by atoms with Gasteiger partial charge in [-0.1, -0.05) is 36.4 Å². The van der Waals surface area contributed by atoms with E-state index in [1.165, 1.54) is 11.1 Å². The van der Waals surface area contributed by atoms with Crippen molar-refractivity contribution in [2.75, 3.05) is 0 Å². The molecule has 0 spiro atoms. The van der Waals surface area contributed by atoms with Crippen molar-refractivity contribution in [2.24, 2.45) is 0 Å². The number of phenols is 1. The van der Waals surface area contributed by atoms with E-state index in [0.29, 0.717) is 12.3 Å². The van der Waals surface area contributed by atoms with E-state index in [-0.39, 0.29) is 6.04 Å². The zero-order valence-corrected chi connectivity index (χ0v) is 12.7. The van der Waals surface area contributed by atoms with Gasteiger partial charge in [-0.2, -0.15) is 0 Å². The van der Waals surface area contributed by atoms with Gasteiger partial charge in [0.25, 0.3) is 0 Å². The molecule has 0 aliphatic heterocycles. The van der Waals surface area contributed by atoms with Crippen LogP contribution in [-0.4, -0.2) is 5.11 Å². The molecular formula is C16H18BrNO. The number of benzene rings is 2. The molecular weight excluding hydrogens is 302 g/mol. The Morgan fingerprint density at radius 3 is 2.63 bits per heavy atom. The average molecular weight is 320 g/mol. The normalized spacial score (nSPS) is 12.4. The van der Waals surface area contributed by atoms with Crippen LogP contribution in [0.2, 0.25) is 0 Å². The van der Waals surface area contributed by atoms with Crippen molar-refractivity contribution in [2.45, 2.75) is 26.4 Å². The fourth-order valence-electron chi connectivity index (χ4n) is 2.15. The maximum Gasteiger partial charge on any atom is 0.134 e. The monoisotopic (exact) mass is 319 g/mol. The Labute approximate surface area is 122 Å². The van der Waals surface area contributed by atoms with Crippen LogP contribution in [0.4, 0.5) is 0 Å². The number of hydrogen-bond acceptors (Lipinski definition) is 2. The third-order valence-electron chi connectivity index (χ3n) is 3.32. The first kappa shape index (κ1) is 14.1. The molecule has 1 atom stereocenters. The van der Waals surface area contributed by atoms with Gasteiger partial charge in [-0.25, -0.2) is 0 Å². The first-order chi connectivity index (χ1) is 9.09. The van der Waals surface area contributed by atoms with Gasteiger partial charge in [0, 0.05) is 18.2 Å². The maximum atomic E-state index is 9.95. The Balaban J connectivity index is 2.07. The molecule has 100 valence electrons. The number of para-hydroxylation sites is 1. The minimum Gasteiger partial charge on any atom is -0.506 e. The second kappa shape index (κ2) is 6.22. The van der Waals surface area contributed by atoms with Crippen LogP contribution < -0.4 is 5.32 Å². The van der Waals surface area contributed by atoms with Crippen LogP contribution >= 0.6 is 15.9 Å². The molecule has 0 bridgehead atoms. The van der Waals surface area contributed by atoms with E-state index in [0.717, 1.165) is 10.0 Å². The smallest absolute Gasteiger partial charge is 0.134 e. The predicted octanol–water partition coefficient (Wildman–Crippen LogP) is 4.31. The fraction of sp³-hybridized carbons (Fsp3) is 0.250. The summed E-state index contributed by atoms with van der Waals surface area (Å²) in [6, 6.07) is 14.3. The Morgan fingerprint density at radius 1 is 1.16 bits per heavy atom. The topological polar surface area (TPSA) is 32.3 Å². The zero-order chi connectivity index (χ0) is 13.8. The summed E-state index contributed by atoms with van der Waals surface area (Å²) < 4.78 is 0.732. The van der Waals surface area contributed by atoms with E-state index in [4.69, 9.17) is 0 Å². The van der Waals surface area contributed by atoms with E-state index < -0.39 is 0 Å². The molecule has 0 aromatic heterocycles. The number of hydrogen-bond donors (Lipinski definition) is 2. The SMILES string of the molecule is Cc1ccccc1[C@@H](C)NCc1cccc(Br)c1O. The van der Waals surface area contributed by atoms with E-state index >= 15 is 0 Å². The third-order valence-corrected chi connectivity index (χ3v) is 3.96. The zero-order valence-electron chi connectivity index (χ0n) is 11.2. The number of phenolic OH excluding ortho intramolecular Hbond substituents is 1. The Hall–Kier alpha value is -1.32. The largest absolute Gasteiger partial charge is 0.506 e. The van der Waals surface area contributed by atoms with Gasteiger partial charge in [-0.3, -0.25) is 0 Å². The molecule has 0 aliphatic carbocycles.